The van der Waals surface area contributed by atoms with E-state index < -0.39 is 0 Å². The number of phenolic OH excluding ortho intramolecular Hbond substituents is 1. The Morgan fingerprint density at radius 2 is 1.89 bits per heavy atom. The summed E-state index contributed by atoms with van der Waals surface area (Å²) in [6.07, 6.45) is 3.41. The predicted molar refractivity (Wildman–Crippen MR) is 105 cm³/mol. The van der Waals surface area contributed by atoms with E-state index in [1.54, 1.807) is 12.1 Å². The molecule has 27 heavy (non-hydrogen) atoms. The lowest BCUT2D eigenvalue weighted by Crippen LogP contribution is -2.10. The largest absolute Gasteiger partial charge is 0.508 e. The Labute approximate surface area is 155 Å². The van der Waals surface area contributed by atoms with E-state index in [9.17, 15) is 5.11 Å². The summed E-state index contributed by atoms with van der Waals surface area (Å²) in [6.45, 7) is 0.898. The van der Waals surface area contributed by atoms with Crippen LogP contribution in [0.3, 0.4) is 0 Å². The molecule has 4 aromatic rings. The highest BCUT2D eigenvalue weighted by Gasteiger charge is 2.16. The first kappa shape index (κ1) is 16.9. The predicted octanol–water partition coefficient (Wildman–Crippen LogP) is 2.71. The summed E-state index contributed by atoms with van der Waals surface area (Å²) in [5.74, 6) is 1.34. The molecule has 2 aromatic heterocycles. The summed E-state index contributed by atoms with van der Waals surface area (Å²) < 4.78 is 7.58. The van der Waals surface area contributed by atoms with Crippen LogP contribution >= 0.6 is 0 Å². The molecule has 2 heterocycles. The molecule has 0 unspecified atom stereocenters. The monoisotopic (exact) mass is 361 g/mol. The molecule has 0 spiro atoms. The molecule has 0 saturated carbocycles. The number of fused-ring (bicyclic) bond motifs is 1. The first-order valence-corrected chi connectivity index (χ1v) is 8.51. The van der Waals surface area contributed by atoms with E-state index in [2.05, 4.69) is 9.97 Å². The van der Waals surface area contributed by atoms with Gasteiger partial charge in [-0.25, -0.2) is 9.97 Å². The zero-order chi connectivity index (χ0) is 18.8. The van der Waals surface area contributed by atoms with Crippen LogP contribution in [0.25, 0.3) is 27.8 Å². The van der Waals surface area contributed by atoms with E-state index >= 15 is 0 Å². The quantitative estimate of drug-likeness (QED) is 0.504. The molecule has 136 valence electrons. The maximum atomic E-state index is 9.58. The first-order chi connectivity index (χ1) is 13.2. The fourth-order valence-corrected chi connectivity index (χ4v) is 3.04. The molecule has 0 bridgehead atoms. The summed E-state index contributed by atoms with van der Waals surface area (Å²) in [6, 6.07) is 14.6. The highest BCUT2D eigenvalue weighted by Crippen LogP contribution is 2.35. The van der Waals surface area contributed by atoms with E-state index in [0.717, 1.165) is 28.0 Å². The molecular weight excluding hydrogens is 342 g/mol. The highest BCUT2D eigenvalue weighted by atomic mass is 16.5. The number of benzene rings is 2. The van der Waals surface area contributed by atoms with Crippen molar-refractivity contribution < 1.29 is 9.84 Å². The van der Waals surface area contributed by atoms with Crippen LogP contribution in [0.5, 0.6) is 11.5 Å². The second-order valence-electron chi connectivity index (χ2n) is 6.05. The Kier molecular flexibility index (Phi) is 4.35. The molecule has 5 N–H and O–H groups in total. The van der Waals surface area contributed by atoms with Gasteiger partial charge in [0.1, 0.15) is 30.3 Å². The number of aromatic hydroxyl groups is 1. The molecule has 0 atom stereocenters. The average Bonchev–Trinajstić information content (AvgIpc) is 3.08. The van der Waals surface area contributed by atoms with Crippen LogP contribution < -0.4 is 16.2 Å². The minimum atomic E-state index is 0.205. The lowest BCUT2D eigenvalue weighted by Gasteiger charge is -2.08. The van der Waals surface area contributed by atoms with Gasteiger partial charge in [-0.15, -0.1) is 0 Å². The molecule has 7 nitrogen and oxygen atoms in total. The SMILES string of the molecule is NCCOc1cccc(-n2cc(-c3ccc(O)cc3)c3c(N)ncnc32)c1. The molecular formula is C20H19N5O2. The van der Waals surface area contributed by atoms with Gasteiger partial charge < -0.3 is 25.9 Å². The Bertz CT molecular complexity index is 1090. The third-order valence-electron chi connectivity index (χ3n) is 4.27. The van der Waals surface area contributed by atoms with Gasteiger partial charge in [-0.3, -0.25) is 0 Å². The van der Waals surface area contributed by atoms with Gasteiger partial charge in [0.05, 0.1) is 11.1 Å². The number of aromatic nitrogens is 3. The van der Waals surface area contributed by atoms with Gasteiger partial charge in [-0.05, 0) is 29.8 Å². The van der Waals surface area contributed by atoms with Crippen molar-refractivity contribution in [3.8, 4) is 28.3 Å². The second-order valence-corrected chi connectivity index (χ2v) is 6.05. The Morgan fingerprint density at radius 1 is 1.07 bits per heavy atom. The van der Waals surface area contributed by atoms with Crippen molar-refractivity contribution in [1.82, 2.24) is 14.5 Å². The van der Waals surface area contributed by atoms with Crippen molar-refractivity contribution in [1.29, 1.82) is 0 Å². The normalized spacial score (nSPS) is 11.0. The second kappa shape index (κ2) is 6.97. The van der Waals surface area contributed by atoms with Crippen LogP contribution in [0.2, 0.25) is 0 Å². The molecule has 0 radical (unpaired) electrons. The lowest BCUT2D eigenvalue weighted by molar-refractivity contribution is 0.328. The van der Waals surface area contributed by atoms with E-state index in [-0.39, 0.29) is 5.75 Å². The van der Waals surface area contributed by atoms with Crippen molar-refractivity contribution in [2.45, 2.75) is 0 Å². The van der Waals surface area contributed by atoms with Gasteiger partial charge in [0.15, 0.2) is 5.65 Å². The molecule has 4 rings (SSSR count). The molecule has 0 aliphatic carbocycles. The summed E-state index contributed by atoms with van der Waals surface area (Å²) >= 11 is 0. The van der Waals surface area contributed by atoms with Crippen molar-refractivity contribution in [3.63, 3.8) is 0 Å². The van der Waals surface area contributed by atoms with Gasteiger partial charge in [0, 0.05) is 24.4 Å². The molecule has 7 heteroatoms. The third kappa shape index (κ3) is 3.16. The van der Waals surface area contributed by atoms with Gasteiger partial charge in [0.2, 0.25) is 0 Å². The zero-order valence-corrected chi connectivity index (χ0v) is 14.5. The van der Waals surface area contributed by atoms with Gasteiger partial charge in [0.25, 0.3) is 0 Å². The number of hydrogen-bond donors (Lipinski definition) is 3. The zero-order valence-electron chi connectivity index (χ0n) is 14.5. The van der Waals surface area contributed by atoms with Gasteiger partial charge >= 0.3 is 0 Å². The standard InChI is InChI=1S/C20H19N5O2/c21-8-9-27-16-3-1-2-14(10-16)25-11-17(13-4-6-15(26)7-5-13)18-19(22)23-12-24-20(18)25/h1-7,10-12,26H,8-9,21H2,(H2,22,23,24). The number of anilines is 1. The summed E-state index contributed by atoms with van der Waals surface area (Å²) in [5.41, 5.74) is 15.1. The number of hydrogen-bond acceptors (Lipinski definition) is 6. The van der Waals surface area contributed by atoms with Crippen LogP contribution in [-0.4, -0.2) is 32.8 Å². The first-order valence-electron chi connectivity index (χ1n) is 8.51. The topological polar surface area (TPSA) is 112 Å². The number of nitrogen functional groups attached to an aromatic ring is 1. The minimum absolute atomic E-state index is 0.205. The van der Waals surface area contributed by atoms with E-state index in [0.29, 0.717) is 24.6 Å². The summed E-state index contributed by atoms with van der Waals surface area (Å²) in [5, 5.41) is 10.3. The molecule has 2 aromatic carbocycles. The molecule has 0 amide bonds. The molecule has 0 fully saturated rings. The minimum Gasteiger partial charge on any atom is -0.508 e. The maximum Gasteiger partial charge on any atom is 0.150 e. The van der Waals surface area contributed by atoms with Gasteiger partial charge in [-0.2, -0.15) is 0 Å². The van der Waals surface area contributed by atoms with Crippen molar-refractivity contribution >= 4 is 16.9 Å². The van der Waals surface area contributed by atoms with E-state index in [4.69, 9.17) is 16.2 Å². The Balaban J connectivity index is 1.90. The Morgan fingerprint density at radius 3 is 2.67 bits per heavy atom. The highest BCUT2D eigenvalue weighted by molar-refractivity contribution is 6.01. The van der Waals surface area contributed by atoms with Gasteiger partial charge in [-0.1, -0.05) is 18.2 Å². The van der Waals surface area contributed by atoms with Crippen molar-refractivity contribution in [2.24, 2.45) is 5.73 Å². The Hall–Kier alpha value is -3.58. The van der Waals surface area contributed by atoms with Crippen LogP contribution in [0.15, 0.2) is 61.1 Å². The number of ether oxygens (including phenoxy) is 1. The lowest BCUT2D eigenvalue weighted by atomic mass is 10.1. The number of phenols is 1. The van der Waals surface area contributed by atoms with E-state index in [1.165, 1.54) is 6.33 Å². The molecule has 0 aliphatic heterocycles. The maximum absolute atomic E-state index is 9.58. The van der Waals surface area contributed by atoms with E-state index in [1.807, 2.05) is 47.2 Å². The number of nitrogens with two attached hydrogens (primary N) is 2. The van der Waals surface area contributed by atoms with Crippen LogP contribution in [0.4, 0.5) is 5.82 Å². The average molecular weight is 361 g/mol. The van der Waals surface area contributed by atoms with Crippen molar-refractivity contribution in [3.05, 3.63) is 61.1 Å². The van der Waals surface area contributed by atoms with Crippen LogP contribution in [0, 0.1) is 0 Å². The number of nitrogens with zero attached hydrogens (tertiary/aromatic N) is 3. The fourth-order valence-electron chi connectivity index (χ4n) is 3.04. The van der Waals surface area contributed by atoms with Crippen molar-refractivity contribution in [2.75, 3.05) is 18.9 Å². The summed E-state index contributed by atoms with van der Waals surface area (Å²) in [4.78, 5) is 8.58. The summed E-state index contributed by atoms with van der Waals surface area (Å²) in [7, 11) is 0. The third-order valence-corrected chi connectivity index (χ3v) is 4.27. The fraction of sp³-hybridized carbons (Fsp3) is 0.100. The molecule has 0 aliphatic rings. The van der Waals surface area contributed by atoms with Crippen LogP contribution in [-0.2, 0) is 0 Å². The molecule has 0 saturated heterocycles. The van der Waals surface area contributed by atoms with Crippen LogP contribution in [0.1, 0.15) is 0 Å². The number of rotatable bonds is 5. The smallest absolute Gasteiger partial charge is 0.150 e.